The van der Waals surface area contributed by atoms with E-state index >= 15 is 0 Å². The van der Waals surface area contributed by atoms with Crippen LogP contribution >= 0.6 is 0 Å². The summed E-state index contributed by atoms with van der Waals surface area (Å²) >= 11 is 0. The molecule has 0 spiro atoms. The van der Waals surface area contributed by atoms with Crippen molar-refractivity contribution in [1.82, 2.24) is 4.90 Å². The number of carboxylic acid groups (broad SMARTS) is 1. The number of nitrogens with zero attached hydrogens (tertiary/aromatic N) is 1. The van der Waals surface area contributed by atoms with Crippen molar-refractivity contribution in [2.75, 3.05) is 20.2 Å². The lowest BCUT2D eigenvalue weighted by Crippen LogP contribution is -2.26. The van der Waals surface area contributed by atoms with Crippen LogP contribution in [0.4, 0.5) is 9.18 Å². The molecule has 0 radical (unpaired) electrons. The summed E-state index contributed by atoms with van der Waals surface area (Å²) < 4.78 is 23.9. The summed E-state index contributed by atoms with van der Waals surface area (Å²) in [5, 5.41) is 8.72. The summed E-state index contributed by atoms with van der Waals surface area (Å²) in [6.07, 6.45) is -0.344. The molecule has 2 aromatic rings. The van der Waals surface area contributed by atoms with Crippen LogP contribution in [0.5, 0.6) is 17.2 Å². The van der Waals surface area contributed by atoms with Gasteiger partial charge in [-0.15, -0.1) is 0 Å². The van der Waals surface area contributed by atoms with Crippen molar-refractivity contribution in [2.45, 2.75) is 6.42 Å². The first-order valence-corrected chi connectivity index (χ1v) is 7.15. The van der Waals surface area contributed by atoms with Gasteiger partial charge in [0.05, 0.1) is 6.61 Å². The first-order valence-electron chi connectivity index (χ1n) is 7.15. The molecule has 0 fully saturated rings. The van der Waals surface area contributed by atoms with E-state index in [0.29, 0.717) is 36.8 Å². The topological polar surface area (TPSA) is 59.0 Å². The Morgan fingerprint density at radius 1 is 1.04 bits per heavy atom. The number of halogens is 1. The second kappa shape index (κ2) is 8.03. The first kappa shape index (κ1) is 16.6. The SMILES string of the molecule is CN(CCCOc1ccc(Oc2ccc(F)cc2)cc1)C(=O)O. The minimum Gasteiger partial charge on any atom is -0.494 e. The molecule has 0 unspecified atom stereocenters. The molecule has 1 amide bonds. The summed E-state index contributed by atoms with van der Waals surface area (Å²) in [5.41, 5.74) is 0. The van der Waals surface area contributed by atoms with Crippen molar-refractivity contribution >= 4 is 6.09 Å². The zero-order chi connectivity index (χ0) is 16.7. The van der Waals surface area contributed by atoms with E-state index in [1.165, 1.54) is 24.1 Å². The Balaban J connectivity index is 1.78. The highest BCUT2D eigenvalue weighted by Gasteiger charge is 2.04. The molecule has 0 heterocycles. The van der Waals surface area contributed by atoms with Crippen LogP contribution in [0.25, 0.3) is 0 Å². The lowest BCUT2D eigenvalue weighted by atomic mass is 10.3. The molecule has 0 saturated heterocycles. The van der Waals surface area contributed by atoms with Gasteiger partial charge < -0.3 is 19.5 Å². The quantitative estimate of drug-likeness (QED) is 0.784. The van der Waals surface area contributed by atoms with Crippen LogP contribution in [0.1, 0.15) is 6.42 Å². The minimum atomic E-state index is -0.952. The van der Waals surface area contributed by atoms with Crippen LogP contribution in [0, 0.1) is 5.82 Å². The van der Waals surface area contributed by atoms with Crippen molar-refractivity contribution in [3.8, 4) is 17.2 Å². The van der Waals surface area contributed by atoms with Crippen molar-refractivity contribution < 1.29 is 23.8 Å². The highest BCUT2D eigenvalue weighted by atomic mass is 19.1. The van der Waals surface area contributed by atoms with Crippen LogP contribution in [0.2, 0.25) is 0 Å². The fraction of sp³-hybridized carbons (Fsp3) is 0.235. The maximum absolute atomic E-state index is 12.8. The summed E-state index contributed by atoms with van der Waals surface area (Å²) in [5.74, 6) is 1.54. The highest BCUT2D eigenvalue weighted by Crippen LogP contribution is 2.24. The zero-order valence-corrected chi connectivity index (χ0v) is 12.7. The number of benzene rings is 2. The number of rotatable bonds is 7. The summed E-state index contributed by atoms with van der Waals surface area (Å²) in [7, 11) is 1.52. The average molecular weight is 319 g/mol. The molecule has 0 bridgehead atoms. The Hall–Kier alpha value is -2.76. The van der Waals surface area contributed by atoms with Gasteiger partial charge in [0, 0.05) is 13.6 Å². The van der Waals surface area contributed by atoms with E-state index < -0.39 is 6.09 Å². The molecule has 5 nitrogen and oxygen atoms in total. The van der Waals surface area contributed by atoms with Gasteiger partial charge >= 0.3 is 6.09 Å². The average Bonchev–Trinajstić information content (AvgIpc) is 2.55. The van der Waals surface area contributed by atoms with Crippen LogP contribution in [-0.4, -0.2) is 36.3 Å². The van der Waals surface area contributed by atoms with Gasteiger partial charge in [0.2, 0.25) is 0 Å². The summed E-state index contributed by atoms with van der Waals surface area (Å²) in [6.45, 7) is 0.844. The first-order chi connectivity index (χ1) is 11.0. The Morgan fingerprint density at radius 2 is 1.57 bits per heavy atom. The molecule has 2 rings (SSSR count). The van der Waals surface area contributed by atoms with E-state index in [1.54, 1.807) is 36.4 Å². The molecule has 0 aliphatic carbocycles. The number of hydrogen-bond donors (Lipinski definition) is 1. The third kappa shape index (κ3) is 5.50. The largest absolute Gasteiger partial charge is 0.494 e. The van der Waals surface area contributed by atoms with Gasteiger partial charge in [-0.1, -0.05) is 0 Å². The molecular weight excluding hydrogens is 301 g/mol. The van der Waals surface area contributed by atoms with Crippen molar-refractivity contribution in [3.05, 3.63) is 54.3 Å². The standard InChI is InChI=1S/C17H18FNO4/c1-19(17(20)21)11-2-12-22-14-7-9-16(10-8-14)23-15-5-3-13(18)4-6-15/h3-10H,2,11-12H2,1H3,(H,20,21). The van der Waals surface area contributed by atoms with Crippen molar-refractivity contribution in [1.29, 1.82) is 0 Å². The smallest absolute Gasteiger partial charge is 0.407 e. The van der Waals surface area contributed by atoms with Crippen LogP contribution in [0.3, 0.4) is 0 Å². The fourth-order valence-corrected chi connectivity index (χ4v) is 1.83. The van der Waals surface area contributed by atoms with E-state index in [2.05, 4.69) is 0 Å². The molecule has 6 heteroatoms. The molecule has 1 N–H and O–H groups in total. The number of hydrogen-bond acceptors (Lipinski definition) is 3. The maximum Gasteiger partial charge on any atom is 0.407 e. The van der Waals surface area contributed by atoms with Gasteiger partial charge in [-0.05, 0) is 55.0 Å². The molecule has 0 aliphatic rings. The van der Waals surface area contributed by atoms with E-state index in [9.17, 15) is 9.18 Å². The predicted octanol–water partition coefficient (Wildman–Crippen LogP) is 4.00. The Kier molecular flexibility index (Phi) is 5.80. The minimum absolute atomic E-state index is 0.311. The summed E-state index contributed by atoms with van der Waals surface area (Å²) in [4.78, 5) is 11.8. The molecule has 0 aromatic heterocycles. The van der Waals surface area contributed by atoms with Crippen molar-refractivity contribution in [2.24, 2.45) is 0 Å². The Morgan fingerprint density at radius 3 is 2.13 bits per heavy atom. The lowest BCUT2D eigenvalue weighted by Gasteiger charge is -2.13. The van der Waals surface area contributed by atoms with E-state index in [4.69, 9.17) is 14.6 Å². The third-order valence-electron chi connectivity index (χ3n) is 3.11. The van der Waals surface area contributed by atoms with Gasteiger partial charge in [0.1, 0.15) is 23.1 Å². The molecular formula is C17H18FNO4. The van der Waals surface area contributed by atoms with Gasteiger partial charge in [0.25, 0.3) is 0 Å². The van der Waals surface area contributed by atoms with Crippen LogP contribution in [-0.2, 0) is 0 Å². The number of carbonyl (C=O) groups is 1. The normalized spacial score (nSPS) is 10.2. The monoisotopic (exact) mass is 319 g/mol. The molecule has 0 aliphatic heterocycles. The lowest BCUT2D eigenvalue weighted by molar-refractivity contribution is 0.152. The van der Waals surface area contributed by atoms with Crippen molar-refractivity contribution in [3.63, 3.8) is 0 Å². The van der Waals surface area contributed by atoms with E-state index in [-0.39, 0.29) is 5.82 Å². The second-order valence-corrected chi connectivity index (χ2v) is 4.93. The maximum atomic E-state index is 12.8. The number of ether oxygens (including phenoxy) is 2. The molecule has 0 saturated carbocycles. The van der Waals surface area contributed by atoms with Gasteiger partial charge in [-0.2, -0.15) is 0 Å². The molecule has 2 aromatic carbocycles. The predicted molar refractivity (Wildman–Crippen MR) is 83.7 cm³/mol. The van der Waals surface area contributed by atoms with Crippen LogP contribution < -0.4 is 9.47 Å². The Bertz CT molecular complexity index is 628. The number of amides is 1. The zero-order valence-electron chi connectivity index (χ0n) is 12.7. The fourth-order valence-electron chi connectivity index (χ4n) is 1.83. The Labute approximate surface area is 133 Å². The van der Waals surface area contributed by atoms with Gasteiger partial charge in [-0.3, -0.25) is 0 Å². The summed E-state index contributed by atoms with van der Waals surface area (Å²) in [6, 6.07) is 12.8. The molecule has 122 valence electrons. The van der Waals surface area contributed by atoms with Gasteiger partial charge in [0.15, 0.2) is 0 Å². The van der Waals surface area contributed by atoms with E-state index in [1.807, 2.05) is 0 Å². The van der Waals surface area contributed by atoms with E-state index in [0.717, 1.165) is 0 Å². The van der Waals surface area contributed by atoms with Crippen LogP contribution in [0.15, 0.2) is 48.5 Å². The third-order valence-corrected chi connectivity index (χ3v) is 3.11. The molecule has 23 heavy (non-hydrogen) atoms. The molecule has 0 atom stereocenters. The second-order valence-electron chi connectivity index (χ2n) is 4.93. The van der Waals surface area contributed by atoms with Gasteiger partial charge in [-0.25, -0.2) is 9.18 Å². The highest BCUT2D eigenvalue weighted by molar-refractivity contribution is 5.64.